The molecule has 2 heterocycles. The highest BCUT2D eigenvalue weighted by atomic mass is 32.1. The summed E-state index contributed by atoms with van der Waals surface area (Å²) in [5, 5.41) is 18.4. The number of nitrogens with zero attached hydrogens (tertiary/aromatic N) is 2. The lowest BCUT2D eigenvalue weighted by atomic mass is 10.0. The molecule has 0 saturated heterocycles. The summed E-state index contributed by atoms with van der Waals surface area (Å²) in [6.07, 6.45) is -5.71. The molecule has 1 aliphatic rings. The van der Waals surface area contributed by atoms with Gasteiger partial charge >= 0.3 is 12.3 Å². The molecule has 0 saturated carbocycles. The molecule has 0 bridgehead atoms. The highest BCUT2D eigenvalue weighted by Gasteiger charge is 2.42. The van der Waals surface area contributed by atoms with E-state index in [1.54, 1.807) is 20.8 Å². The van der Waals surface area contributed by atoms with Crippen molar-refractivity contribution >= 4 is 42.5 Å². The predicted octanol–water partition coefficient (Wildman–Crippen LogP) is 7.79. The first kappa shape index (κ1) is 34.4. The molecule has 9 nitrogen and oxygen atoms in total. The molecule has 0 fully saturated rings. The van der Waals surface area contributed by atoms with Crippen molar-refractivity contribution in [2.75, 3.05) is 17.2 Å². The van der Waals surface area contributed by atoms with Crippen LogP contribution in [-0.4, -0.2) is 48.7 Å². The lowest BCUT2D eigenvalue weighted by Gasteiger charge is -2.42. The van der Waals surface area contributed by atoms with Crippen LogP contribution >= 0.6 is 11.3 Å². The summed E-state index contributed by atoms with van der Waals surface area (Å²) in [7, 11) is -2.52. The van der Waals surface area contributed by atoms with Gasteiger partial charge in [0.15, 0.2) is 8.32 Å². The van der Waals surface area contributed by atoms with E-state index in [9.17, 15) is 22.8 Å². The van der Waals surface area contributed by atoms with Crippen molar-refractivity contribution < 1.29 is 31.9 Å². The Balaban J connectivity index is 1.65. The zero-order chi connectivity index (χ0) is 33.4. The number of benzene rings is 2. The molecule has 244 valence electrons. The second-order valence-electron chi connectivity index (χ2n) is 13.6. The SMILES string of the molecule is CC(C)(C)OC(=O)N[C@H](CNc1nnc(-c2ccc3c(c2)CC(=O)N3)s1)[C@@H](O[Si](C)(C)C(C)(C)C)c1ccc(C(F)(F)F)cc1. The van der Waals surface area contributed by atoms with Gasteiger partial charge in [0.25, 0.3) is 0 Å². The number of alkyl carbamates (subject to hydrolysis) is 1. The zero-order valence-corrected chi connectivity index (χ0v) is 28.5. The number of nitrogens with one attached hydrogen (secondary N) is 3. The molecule has 2 amide bonds. The van der Waals surface area contributed by atoms with E-state index < -0.39 is 43.9 Å². The van der Waals surface area contributed by atoms with Crippen LogP contribution in [0.1, 0.15) is 64.3 Å². The molecular formula is C31H40F3N5O4SSi. The number of hydrogen-bond acceptors (Lipinski definition) is 8. The Morgan fingerprint density at radius 3 is 2.31 bits per heavy atom. The number of amides is 2. The Hall–Kier alpha value is -3.49. The molecule has 45 heavy (non-hydrogen) atoms. The molecule has 0 aliphatic carbocycles. The molecule has 1 aliphatic heterocycles. The molecule has 4 rings (SSSR count). The summed E-state index contributed by atoms with van der Waals surface area (Å²) < 4.78 is 52.6. The second-order valence-corrected chi connectivity index (χ2v) is 19.3. The summed E-state index contributed by atoms with van der Waals surface area (Å²) in [4.78, 5) is 24.8. The van der Waals surface area contributed by atoms with Gasteiger partial charge in [-0.1, -0.05) is 44.2 Å². The van der Waals surface area contributed by atoms with Crippen molar-refractivity contribution in [3.8, 4) is 10.6 Å². The van der Waals surface area contributed by atoms with E-state index in [1.165, 1.54) is 23.5 Å². The number of carbonyl (C=O) groups excluding carboxylic acids is 2. The third kappa shape index (κ3) is 8.82. The van der Waals surface area contributed by atoms with Crippen molar-refractivity contribution in [2.24, 2.45) is 0 Å². The first-order valence-electron chi connectivity index (χ1n) is 14.6. The number of ether oxygens (including phenoxy) is 1. The quantitative estimate of drug-likeness (QED) is 0.200. The third-order valence-electron chi connectivity index (χ3n) is 7.74. The van der Waals surface area contributed by atoms with Gasteiger partial charge in [0.05, 0.1) is 24.1 Å². The highest BCUT2D eigenvalue weighted by Crippen LogP contribution is 2.41. The van der Waals surface area contributed by atoms with Crippen LogP contribution in [0.5, 0.6) is 0 Å². The van der Waals surface area contributed by atoms with Gasteiger partial charge in [0, 0.05) is 17.8 Å². The number of fused-ring (bicyclic) bond motifs is 1. The van der Waals surface area contributed by atoms with E-state index >= 15 is 0 Å². The standard InChI is InChI=1S/C31H40F3N5O4SSi/c1-29(2,3)42-28(41)37-23(17-35-27-39-38-26(44-27)19-11-14-22-20(15-19)16-24(40)36-22)25(43-45(7,8)30(4,5)6)18-9-12-21(13-10-18)31(32,33)34/h9-15,23,25H,16-17H2,1-8H3,(H,35,39)(H,36,40)(H,37,41)/t23-,25+/m1/s1. The van der Waals surface area contributed by atoms with Crippen LogP contribution in [0.4, 0.5) is 28.8 Å². The van der Waals surface area contributed by atoms with Crippen LogP contribution in [0.3, 0.4) is 0 Å². The summed E-state index contributed by atoms with van der Waals surface area (Å²) in [5.41, 5.74) is 1.39. The first-order valence-corrected chi connectivity index (χ1v) is 18.3. The highest BCUT2D eigenvalue weighted by molar-refractivity contribution is 7.18. The minimum absolute atomic E-state index is 0.0622. The van der Waals surface area contributed by atoms with Gasteiger partial charge in [-0.2, -0.15) is 13.2 Å². The molecule has 2 atom stereocenters. The Labute approximate surface area is 266 Å². The Bertz CT molecular complexity index is 1530. The fraction of sp³-hybridized carbons (Fsp3) is 0.484. The van der Waals surface area contributed by atoms with E-state index in [4.69, 9.17) is 9.16 Å². The van der Waals surface area contributed by atoms with Crippen LogP contribution in [0, 0.1) is 0 Å². The van der Waals surface area contributed by atoms with Gasteiger partial charge < -0.3 is 25.1 Å². The number of carbonyl (C=O) groups is 2. The number of aromatic nitrogens is 2. The third-order valence-corrected chi connectivity index (χ3v) is 13.1. The summed E-state index contributed by atoms with van der Waals surface area (Å²) in [6.45, 7) is 15.6. The van der Waals surface area contributed by atoms with Crippen molar-refractivity contribution in [1.82, 2.24) is 15.5 Å². The van der Waals surface area contributed by atoms with Crippen molar-refractivity contribution in [2.45, 2.75) is 90.0 Å². The van der Waals surface area contributed by atoms with Crippen LogP contribution in [-0.2, 0) is 26.6 Å². The molecule has 14 heteroatoms. The minimum Gasteiger partial charge on any atom is -0.444 e. The van der Waals surface area contributed by atoms with Crippen molar-refractivity contribution in [1.29, 1.82) is 0 Å². The van der Waals surface area contributed by atoms with Crippen LogP contribution < -0.4 is 16.0 Å². The van der Waals surface area contributed by atoms with Crippen LogP contribution in [0.2, 0.25) is 18.1 Å². The number of rotatable bonds is 9. The van der Waals surface area contributed by atoms with E-state index in [-0.39, 0.29) is 17.5 Å². The van der Waals surface area contributed by atoms with E-state index in [1.807, 2.05) is 31.3 Å². The normalized spacial score (nSPS) is 15.2. The number of hydrogen-bond donors (Lipinski definition) is 3. The molecule has 0 unspecified atom stereocenters. The predicted molar refractivity (Wildman–Crippen MR) is 172 cm³/mol. The van der Waals surface area contributed by atoms with Crippen LogP contribution in [0.25, 0.3) is 10.6 Å². The topological polar surface area (TPSA) is 114 Å². The monoisotopic (exact) mass is 663 g/mol. The van der Waals surface area contributed by atoms with Crippen molar-refractivity contribution in [3.63, 3.8) is 0 Å². The summed E-state index contributed by atoms with van der Waals surface area (Å²) >= 11 is 1.29. The largest absolute Gasteiger partial charge is 0.444 e. The Kier molecular flexibility index (Phi) is 9.72. The Morgan fingerprint density at radius 1 is 1.04 bits per heavy atom. The molecule has 3 N–H and O–H groups in total. The fourth-order valence-corrected chi connectivity index (χ4v) is 6.44. The summed E-state index contributed by atoms with van der Waals surface area (Å²) in [6, 6.07) is 9.64. The molecular weight excluding hydrogens is 624 g/mol. The molecule has 1 aromatic heterocycles. The van der Waals surface area contributed by atoms with Gasteiger partial charge in [-0.05, 0) is 80.4 Å². The number of halogens is 3. The van der Waals surface area contributed by atoms with Gasteiger partial charge in [0.1, 0.15) is 10.6 Å². The van der Waals surface area contributed by atoms with E-state index in [0.717, 1.165) is 28.9 Å². The van der Waals surface area contributed by atoms with Crippen molar-refractivity contribution in [3.05, 3.63) is 59.2 Å². The average molecular weight is 664 g/mol. The smallest absolute Gasteiger partial charge is 0.416 e. The molecule has 0 spiro atoms. The average Bonchev–Trinajstić information content (AvgIpc) is 3.53. The first-order chi connectivity index (χ1) is 20.7. The number of alkyl halides is 3. The second kappa shape index (κ2) is 12.7. The van der Waals surface area contributed by atoms with Gasteiger partial charge in [-0.15, -0.1) is 10.2 Å². The van der Waals surface area contributed by atoms with E-state index in [0.29, 0.717) is 22.1 Å². The fourth-order valence-electron chi connectivity index (χ4n) is 4.40. The van der Waals surface area contributed by atoms with E-state index in [2.05, 4.69) is 46.9 Å². The van der Waals surface area contributed by atoms with Gasteiger partial charge in [-0.25, -0.2) is 4.79 Å². The minimum atomic E-state index is -4.50. The Morgan fingerprint density at radius 2 is 1.71 bits per heavy atom. The zero-order valence-electron chi connectivity index (χ0n) is 26.7. The maximum atomic E-state index is 13.4. The molecule has 2 aromatic carbocycles. The van der Waals surface area contributed by atoms with Crippen LogP contribution in [0.15, 0.2) is 42.5 Å². The van der Waals surface area contributed by atoms with Gasteiger partial charge in [-0.3, -0.25) is 4.79 Å². The molecule has 0 radical (unpaired) electrons. The maximum absolute atomic E-state index is 13.4. The lowest BCUT2D eigenvalue weighted by molar-refractivity contribution is -0.137. The summed E-state index contributed by atoms with van der Waals surface area (Å²) in [5.74, 6) is -0.0622. The number of anilines is 2. The lowest BCUT2D eigenvalue weighted by Crippen LogP contribution is -2.51. The van der Waals surface area contributed by atoms with Gasteiger partial charge in [0.2, 0.25) is 11.0 Å². The maximum Gasteiger partial charge on any atom is 0.416 e. The molecule has 3 aromatic rings.